The Kier molecular flexibility index (Phi) is 1.90. The number of rotatable bonds is 0. The topological polar surface area (TPSA) is 0 Å². The van der Waals surface area contributed by atoms with Gasteiger partial charge in [0.2, 0.25) is 0 Å². The van der Waals surface area contributed by atoms with Crippen molar-refractivity contribution in [1.29, 1.82) is 0 Å². The summed E-state index contributed by atoms with van der Waals surface area (Å²) in [6, 6.07) is 9.80. The molecule has 0 unspecified atom stereocenters. The molecule has 2 aromatic rings. The number of aryl methyl sites for hydroxylation is 1. The highest BCUT2D eigenvalue weighted by atomic mass is 19.1. The van der Waals surface area contributed by atoms with E-state index in [2.05, 4.69) is 25.1 Å². The molecule has 3 rings (SSSR count). The van der Waals surface area contributed by atoms with Gasteiger partial charge in [0.1, 0.15) is 5.82 Å². The van der Waals surface area contributed by atoms with Crippen molar-refractivity contribution in [1.82, 2.24) is 0 Å². The molecule has 0 aromatic heterocycles. The number of fused-ring (bicyclic) bond motifs is 3. The van der Waals surface area contributed by atoms with Crippen LogP contribution in [0.25, 0.3) is 11.1 Å². The summed E-state index contributed by atoms with van der Waals surface area (Å²) in [5, 5.41) is 0. The van der Waals surface area contributed by atoms with Crippen LogP contribution < -0.4 is 0 Å². The molecule has 0 saturated carbocycles. The third-order valence-electron chi connectivity index (χ3n) is 3.59. The average Bonchev–Trinajstić information content (AvgIpc) is 2.65. The van der Waals surface area contributed by atoms with Crippen molar-refractivity contribution in [3.8, 4) is 11.1 Å². The summed E-state index contributed by atoms with van der Waals surface area (Å²) in [6.07, 6.45) is 0.876. The molecule has 0 radical (unpaired) electrons. The molecule has 80 valence electrons. The van der Waals surface area contributed by atoms with E-state index in [9.17, 15) is 4.39 Å². The quantitative estimate of drug-likeness (QED) is 0.528. The number of halogens is 1. The maximum atomic E-state index is 13.5. The van der Waals surface area contributed by atoms with Crippen LogP contribution >= 0.6 is 0 Å². The molecule has 1 aliphatic rings. The number of benzene rings is 2. The first-order chi connectivity index (χ1) is 7.68. The monoisotopic (exact) mass is 212 g/mol. The standard InChI is InChI=1S/C15H13F/c1-9-4-3-5-11-12-6-7-15(16)10(2)14(12)8-13(9)11/h3-7H,8H2,1-2H3. The van der Waals surface area contributed by atoms with Gasteiger partial charge in [-0.3, -0.25) is 0 Å². The van der Waals surface area contributed by atoms with E-state index in [4.69, 9.17) is 0 Å². The highest BCUT2D eigenvalue weighted by molar-refractivity contribution is 5.79. The lowest BCUT2D eigenvalue weighted by Gasteiger charge is -2.04. The van der Waals surface area contributed by atoms with E-state index < -0.39 is 0 Å². The highest BCUT2D eigenvalue weighted by Crippen LogP contribution is 2.39. The summed E-state index contributed by atoms with van der Waals surface area (Å²) >= 11 is 0. The first-order valence-corrected chi connectivity index (χ1v) is 5.55. The molecular formula is C15H13F. The Hall–Kier alpha value is -1.63. The van der Waals surface area contributed by atoms with Crippen LogP contribution in [0.2, 0.25) is 0 Å². The Morgan fingerprint density at radius 2 is 1.69 bits per heavy atom. The van der Waals surface area contributed by atoms with Gasteiger partial charge in [-0.2, -0.15) is 0 Å². The minimum absolute atomic E-state index is 0.0933. The van der Waals surface area contributed by atoms with Gasteiger partial charge >= 0.3 is 0 Å². The van der Waals surface area contributed by atoms with Crippen molar-refractivity contribution in [2.24, 2.45) is 0 Å². The van der Waals surface area contributed by atoms with Crippen LogP contribution in [0.4, 0.5) is 4.39 Å². The zero-order valence-electron chi connectivity index (χ0n) is 9.47. The second-order valence-electron chi connectivity index (χ2n) is 4.48. The lowest BCUT2D eigenvalue weighted by atomic mass is 10.0. The molecule has 0 bridgehead atoms. The van der Waals surface area contributed by atoms with E-state index in [0.29, 0.717) is 0 Å². The summed E-state index contributed by atoms with van der Waals surface area (Å²) in [5.74, 6) is -0.0933. The fourth-order valence-electron chi connectivity index (χ4n) is 2.57. The fraction of sp³-hybridized carbons (Fsp3) is 0.200. The van der Waals surface area contributed by atoms with Crippen LogP contribution in [0.5, 0.6) is 0 Å². The van der Waals surface area contributed by atoms with Crippen LogP contribution in [-0.2, 0) is 6.42 Å². The molecule has 0 atom stereocenters. The van der Waals surface area contributed by atoms with Crippen LogP contribution in [0.3, 0.4) is 0 Å². The van der Waals surface area contributed by atoms with E-state index in [1.54, 1.807) is 6.07 Å². The van der Waals surface area contributed by atoms with Crippen molar-refractivity contribution in [2.75, 3.05) is 0 Å². The van der Waals surface area contributed by atoms with Gasteiger partial charge in [0.05, 0.1) is 0 Å². The molecule has 0 fully saturated rings. The number of hydrogen-bond donors (Lipinski definition) is 0. The van der Waals surface area contributed by atoms with Crippen molar-refractivity contribution in [2.45, 2.75) is 20.3 Å². The predicted octanol–water partition coefficient (Wildman–Crippen LogP) is 4.01. The molecule has 1 heteroatoms. The fourth-order valence-corrected chi connectivity index (χ4v) is 2.57. The first kappa shape index (κ1) is 9.59. The van der Waals surface area contributed by atoms with E-state index in [-0.39, 0.29) is 5.82 Å². The molecule has 0 heterocycles. The van der Waals surface area contributed by atoms with Gasteiger partial charge in [-0.1, -0.05) is 24.3 Å². The van der Waals surface area contributed by atoms with E-state index in [0.717, 1.165) is 17.5 Å². The van der Waals surface area contributed by atoms with Gasteiger partial charge in [-0.05, 0) is 59.7 Å². The third kappa shape index (κ3) is 1.15. The highest BCUT2D eigenvalue weighted by Gasteiger charge is 2.22. The summed E-state index contributed by atoms with van der Waals surface area (Å²) in [6.45, 7) is 3.99. The second-order valence-corrected chi connectivity index (χ2v) is 4.48. The Bertz CT molecular complexity index is 582. The molecule has 0 saturated heterocycles. The molecule has 0 aliphatic heterocycles. The van der Waals surface area contributed by atoms with E-state index >= 15 is 0 Å². The summed E-state index contributed by atoms with van der Waals surface area (Å²) < 4.78 is 13.5. The predicted molar refractivity (Wildman–Crippen MR) is 64.1 cm³/mol. The Labute approximate surface area is 94.7 Å². The zero-order chi connectivity index (χ0) is 11.3. The maximum Gasteiger partial charge on any atom is 0.126 e. The van der Waals surface area contributed by atoms with Crippen LogP contribution in [0, 0.1) is 19.7 Å². The Morgan fingerprint density at radius 3 is 2.50 bits per heavy atom. The van der Waals surface area contributed by atoms with Gasteiger partial charge in [-0.15, -0.1) is 0 Å². The van der Waals surface area contributed by atoms with E-state index in [1.165, 1.54) is 22.3 Å². The average molecular weight is 212 g/mol. The van der Waals surface area contributed by atoms with Crippen LogP contribution in [0.1, 0.15) is 22.3 Å². The van der Waals surface area contributed by atoms with Gasteiger partial charge in [-0.25, -0.2) is 4.39 Å². The van der Waals surface area contributed by atoms with Crippen molar-refractivity contribution >= 4 is 0 Å². The molecule has 0 amide bonds. The molecule has 2 aromatic carbocycles. The normalized spacial score (nSPS) is 12.4. The van der Waals surface area contributed by atoms with Crippen LogP contribution in [0.15, 0.2) is 30.3 Å². The minimum Gasteiger partial charge on any atom is -0.207 e. The largest absolute Gasteiger partial charge is 0.207 e. The molecule has 0 N–H and O–H groups in total. The SMILES string of the molecule is Cc1cccc2c1Cc1c-2ccc(F)c1C. The smallest absolute Gasteiger partial charge is 0.126 e. The molecule has 1 aliphatic carbocycles. The van der Waals surface area contributed by atoms with Crippen LogP contribution in [-0.4, -0.2) is 0 Å². The Balaban J connectivity index is 2.32. The maximum absolute atomic E-state index is 13.5. The van der Waals surface area contributed by atoms with Gasteiger partial charge in [0.25, 0.3) is 0 Å². The lowest BCUT2D eigenvalue weighted by molar-refractivity contribution is 0.617. The van der Waals surface area contributed by atoms with Gasteiger partial charge in [0, 0.05) is 0 Å². The van der Waals surface area contributed by atoms with Gasteiger partial charge < -0.3 is 0 Å². The first-order valence-electron chi connectivity index (χ1n) is 5.55. The lowest BCUT2D eigenvalue weighted by Crippen LogP contribution is -1.91. The molecule has 16 heavy (non-hydrogen) atoms. The molecule has 0 nitrogen and oxygen atoms in total. The molecular weight excluding hydrogens is 199 g/mol. The number of hydrogen-bond acceptors (Lipinski definition) is 0. The third-order valence-corrected chi connectivity index (χ3v) is 3.59. The van der Waals surface area contributed by atoms with Crippen molar-refractivity contribution in [3.63, 3.8) is 0 Å². The van der Waals surface area contributed by atoms with E-state index in [1.807, 2.05) is 13.0 Å². The Morgan fingerprint density at radius 1 is 0.938 bits per heavy atom. The molecule has 0 spiro atoms. The minimum atomic E-state index is -0.0933. The zero-order valence-corrected chi connectivity index (χ0v) is 9.47. The second kappa shape index (κ2) is 3.18. The summed E-state index contributed by atoms with van der Waals surface area (Å²) in [4.78, 5) is 0. The summed E-state index contributed by atoms with van der Waals surface area (Å²) in [7, 11) is 0. The van der Waals surface area contributed by atoms with Gasteiger partial charge in [0.15, 0.2) is 0 Å². The van der Waals surface area contributed by atoms with Crippen molar-refractivity contribution in [3.05, 3.63) is 58.4 Å². The summed E-state index contributed by atoms with van der Waals surface area (Å²) in [5.41, 5.74) is 7.09. The van der Waals surface area contributed by atoms with Crippen molar-refractivity contribution < 1.29 is 4.39 Å².